The molecule has 156 valence electrons. The molecule has 1 aliphatic heterocycles. The van der Waals surface area contributed by atoms with Gasteiger partial charge in [0.15, 0.2) is 11.5 Å². The van der Waals surface area contributed by atoms with E-state index in [9.17, 15) is 4.79 Å². The monoisotopic (exact) mass is 419 g/mol. The van der Waals surface area contributed by atoms with Gasteiger partial charge in [-0.3, -0.25) is 4.79 Å². The molecule has 1 amide bonds. The average Bonchev–Trinajstić information content (AvgIpc) is 3.28. The van der Waals surface area contributed by atoms with Crippen LogP contribution in [0.1, 0.15) is 34.8 Å². The summed E-state index contributed by atoms with van der Waals surface area (Å²) in [6, 6.07) is 11.3. The maximum Gasteiger partial charge on any atom is 0.251 e. The second-order valence-corrected chi connectivity index (χ2v) is 7.47. The predicted molar refractivity (Wildman–Crippen MR) is 113 cm³/mol. The van der Waals surface area contributed by atoms with Crippen LogP contribution in [0.2, 0.25) is 5.02 Å². The molecule has 1 saturated heterocycles. The molecule has 0 aliphatic carbocycles. The van der Waals surface area contributed by atoms with E-state index in [2.05, 4.69) is 5.32 Å². The lowest BCUT2D eigenvalue weighted by Gasteiger charge is -2.26. The van der Waals surface area contributed by atoms with Gasteiger partial charge >= 0.3 is 0 Å². The van der Waals surface area contributed by atoms with Gasteiger partial charge in [-0.05, 0) is 18.2 Å². The van der Waals surface area contributed by atoms with Gasteiger partial charge in [-0.1, -0.05) is 29.8 Å². The van der Waals surface area contributed by atoms with Gasteiger partial charge in [-0.25, -0.2) is 0 Å². The van der Waals surface area contributed by atoms with Gasteiger partial charge in [0.25, 0.3) is 5.91 Å². The number of amides is 1. The van der Waals surface area contributed by atoms with Crippen LogP contribution >= 0.6 is 11.6 Å². The Kier molecular flexibility index (Phi) is 7.23. The first-order valence-electron chi connectivity index (χ1n) is 9.76. The molecule has 3 rings (SSSR count). The topological polar surface area (TPSA) is 61.2 Å². The molecular formula is C22H28ClN2O4+. The van der Waals surface area contributed by atoms with E-state index in [4.69, 9.17) is 25.8 Å². The molecule has 1 heterocycles. The van der Waals surface area contributed by atoms with Gasteiger partial charge in [-0.15, -0.1) is 0 Å². The Morgan fingerprint density at radius 1 is 1.07 bits per heavy atom. The summed E-state index contributed by atoms with van der Waals surface area (Å²) in [7, 11) is 4.60. The minimum Gasteiger partial charge on any atom is -0.493 e. The molecule has 0 saturated carbocycles. The Hall–Kier alpha value is -2.44. The van der Waals surface area contributed by atoms with E-state index < -0.39 is 0 Å². The second kappa shape index (κ2) is 9.85. The summed E-state index contributed by atoms with van der Waals surface area (Å²) in [6.45, 7) is 2.65. The normalized spacial score (nSPS) is 15.0. The van der Waals surface area contributed by atoms with Crippen LogP contribution in [-0.4, -0.2) is 46.9 Å². The number of likely N-dealkylation sites (tertiary alicyclic amines) is 1. The zero-order valence-corrected chi connectivity index (χ0v) is 17.8. The largest absolute Gasteiger partial charge is 0.493 e. The number of carbonyl (C=O) groups excluding carboxylic acids is 1. The Morgan fingerprint density at radius 2 is 1.69 bits per heavy atom. The fourth-order valence-electron chi connectivity index (χ4n) is 3.92. The van der Waals surface area contributed by atoms with Crippen molar-refractivity contribution in [1.29, 1.82) is 0 Å². The summed E-state index contributed by atoms with van der Waals surface area (Å²) in [5.41, 5.74) is 1.52. The first-order chi connectivity index (χ1) is 14.1. The zero-order valence-electron chi connectivity index (χ0n) is 17.1. The first kappa shape index (κ1) is 21.3. The zero-order chi connectivity index (χ0) is 20.8. The minimum absolute atomic E-state index is 0.109. The number of benzene rings is 2. The van der Waals surface area contributed by atoms with Gasteiger partial charge in [0.2, 0.25) is 5.75 Å². The standard InChI is InChI=1S/C22H27ClN2O4/c1-27-19-12-15(13-20(28-2)21(19)29-3)22(26)24-14-18(25-10-6-7-11-25)16-8-4-5-9-17(16)23/h4-5,8-9,12-13,18H,6-7,10-11,14H2,1-3H3,(H,24,26)/p+1/t18-/m1/s1. The van der Waals surface area contributed by atoms with Crippen molar-refractivity contribution in [1.82, 2.24) is 5.32 Å². The molecule has 2 aromatic rings. The third-order valence-electron chi connectivity index (χ3n) is 5.41. The van der Waals surface area contributed by atoms with Crippen LogP contribution in [0.3, 0.4) is 0 Å². The van der Waals surface area contributed by atoms with Crippen LogP contribution in [0.15, 0.2) is 36.4 Å². The number of hydrogen-bond donors (Lipinski definition) is 2. The molecule has 2 N–H and O–H groups in total. The molecule has 29 heavy (non-hydrogen) atoms. The quantitative estimate of drug-likeness (QED) is 0.690. The fraction of sp³-hybridized carbons (Fsp3) is 0.409. The minimum atomic E-state index is -0.195. The molecular weight excluding hydrogens is 392 g/mol. The maximum absolute atomic E-state index is 12.9. The number of hydrogen-bond acceptors (Lipinski definition) is 4. The lowest BCUT2D eigenvalue weighted by Crippen LogP contribution is -3.11. The van der Waals surface area contributed by atoms with E-state index >= 15 is 0 Å². The molecule has 0 unspecified atom stereocenters. The Bertz CT molecular complexity index is 827. The van der Waals surface area contributed by atoms with E-state index in [0.717, 1.165) is 23.7 Å². The molecule has 2 aromatic carbocycles. The summed E-state index contributed by atoms with van der Waals surface area (Å²) >= 11 is 6.47. The van der Waals surface area contributed by atoms with Gasteiger partial charge < -0.3 is 24.4 Å². The number of nitrogens with one attached hydrogen (secondary N) is 2. The summed E-state index contributed by atoms with van der Waals surface area (Å²) in [5, 5.41) is 3.81. The SMILES string of the molecule is COc1cc(C(=O)NC[C@H](c2ccccc2Cl)[NH+]2CCCC2)cc(OC)c1OC. The van der Waals surface area contributed by atoms with E-state index in [1.54, 1.807) is 12.1 Å². The molecule has 7 heteroatoms. The first-order valence-corrected chi connectivity index (χ1v) is 10.1. The van der Waals surface area contributed by atoms with Crippen molar-refractivity contribution in [2.45, 2.75) is 18.9 Å². The summed E-state index contributed by atoms with van der Waals surface area (Å²) in [5.74, 6) is 1.16. The lowest BCUT2D eigenvalue weighted by molar-refractivity contribution is -0.918. The van der Waals surface area contributed by atoms with Crippen LogP contribution < -0.4 is 24.4 Å². The van der Waals surface area contributed by atoms with E-state index in [1.807, 2.05) is 24.3 Å². The van der Waals surface area contributed by atoms with Gasteiger partial charge in [-0.2, -0.15) is 0 Å². The highest BCUT2D eigenvalue weighted by Crippen LogP contribution is 2.38. The summed E-state index contributed by atoms with van der Waals surface area (Å²) in [4.78, 5) is 14.4. The Balaban J connectivity index is 1.81. The molecule has 0 radical (unpaired) electrons. The van der Waals surface area contributed by atoms with E-state index in [-0.39, 0.29) is 11.9 Å². The third kappa shape index (κ3) is 4.77. The van der Waals surface area contributed by atoms with Crippen LogP contribution in [0.4, 0.5) is 0 Å². The summed E-state index contributed by atoms with van der Waals surface area (Å²) in [6.07, 6.45) is 2.38. The molecule has 0 spiro atoms. The van der Waals surface area contributed by atoms with Gasteiger partial charge in [0.05, 0.1) is 41.0 Å². The second-order valence-electron chi connectivity index (χ2n) is 7.06. The van der Waals surface area contributed by atoms with Crippen molar-refractivity contribution in [2.75, 3.05) is 41.0 Å². The Labute approximate surface area is 176 Å². The van der Waals surface area contributed by atoms with Gasteiger partial charge in [0.1, 0.15) is 6.04 Å². The number of carbonyl (C=O) groups is 1. The van der Waals surface area contributed by atoms with Crippen molar-refractivity contribution >= 4 is 17.5 Å². The molecule has 6 nitrogen and oxygen atoms in total. The van der Waals surface area contributed by atoms with Crippen molar-refractivity contribution in [2.24, 2.45) is 0 Å². The fourth-order valence-corrected chi connectivity index (χ4v) is 4.19. The molecule has 1 fully saturated rings. The lowest BCUT2D eigenvalue weighted by atomic mass is 10.0. The number of methoxy groups -OCH3 is 3. The molecule has 0 bridgehead atoms. The van der Waals surface area contributed by atoms with E-state index in [0.29, 0.717) is 29.4 Å². The average molecular weight is 420 g/mol. The Morgan fingerprint density at radius 3 is 2.24 bits per heavy atom. The highest BCUT2D eigenvalue weighted by atomic mass is 35.5. The van der Waals surface area contributed by atoms with Crippen LogP contribution in [-0.2, 0) is 0 Å². The molecule has 0 aromatic heterocycles. The number of halogens is 1. The summed E-state index contributed by atoms with van der Waals surface area (Å²) < 4.78 is 16.0. The van der Waals surface area contributed by atoms with Gasteiger partial charge in [0, 0.05) is 29.0 Å². The smallest absolute Gasteiger partial charge is 0.251 e. The van der Waals surface area contributed by atoms with Crippen LogP contribution in [0.25, 0.3) is 0 Å². The highest BCUT2D eigenvalue weighted by Gasteiger charge is 2.29. The van der Waals surface area contributed by atoms with Crippen molar-refractivity contribution < 1.29 is 23.9 Å². The van der Waals surface area contributed by atoms with Crippen LogP contribution in [0, 0.1) is 0 Å². The molecule has 1 atom stereocenters. The number of quaternary nitrogens is 1. The maximum atomic E-state index is 12.9. The third-order valence-corrected chi connectivity index (χ3v) is 5.76. The number of ether oxygens (including phenoxy) is 3. The van der Waals surface area contributed by atoms with Crippen molar-refractivity contribution in [3.63, 3.8) is 0 Å². The molecule has 1 aliphatic rings. The highest BCUT2D eigenvalue weighted by molar-refractivity contribution is 6.31. The van der Waals surface area contributed by atoms with E-state index in [1.165, 1.54) is 39.1 Å². The van der Waals surface area contributed by atoms with Crippen LogP contribution in [0.5, 0.6) is 17.2 Å². The predicted octanol–water partition coefficient (Wildman–Crippen LogP) is 2.52. The number of rotatable bonds is 8. The van der Waals surface area contributed by atoms with Crippen molar-refractivity contribution in [3.8, 4) is 17.2 Å². The van der Waals surface area contributed by atoms with Crippen molar-refractivity contribution in [3.05, 3.63) is 52.5 Å².